The smallest absolute Gasteiger partial charge is 0.341 e. The molecule has 0 fully saturated rings. The number of rotatable bonds is 5. The molecule has 1 N–H and O–H groups in total. The van der Waals surface area contributed by atoms with Gasteiger partial charge in [0, 0.05) is 11.1 Å². The van der Waals surface area contributed by atoms with E-state index < -0.39 is 24.3 Å². The maximum atomic E-state index is 13.4. The van der Waals surface area contributed by atoms with E-state index >= 15 is 0 Å². The average Bonchev–Trinajstić information content (AvgIpc) is 2.38. The first-order valence-electron chi connectivity index (χ1n) is 6.22. The fourth-order valence-electron chi connectivity index (χ4n) is 1.33. The van der Waals surface area contributed by atoms with E-state index in [1.165, 1.54) is 6.07 Å². The first-order valence-corrected chi connectivity index (χ1v) is 6.60. The highest BCUT2D eigenvalue weighted by molar-refractivity contribution is 6.30. The minimum atomic E-state index is -0.919. The second-order valence-electron chi connectivity index (χ2n) is 4.80. The molecule has 0 aliphatic heterocycles. The molecule has 20 heavy (non-hydrogen) atoms. The Kier molecular flexibility index (Phi) is 5.95. The topological polar surface area (TPSA) is 55.4 Å². The maximum Gasteiger partial charge on any atom is 0.341 e. The van der Waals surface area contributed by atoms with Gasteiger partial charge in [0.15, 0.2) is 6.61 Å². The van der Waals surface area contributed by atoms with Gasteiger partial charge in [-0.1, -0.05) is 25.4 Å². The number of amides is 1. The predicted octanol–water partition coefficient (Wildman–Crippen LogP) is 2.80. The van der Waals surface area contributed by atoms with E-state index in [9.17, 15) is 14.0 Å². The quantitative estimate of drug-likeness (QED) is 0.851. The Morgan fingerprint density at radius 3 is 2.60 bits per heavy atom. The molecule has 0 saturated carbocycles. The van der Waals surface area contributed by atoms with Gasteiger partial charge in [-0.15, -0.1) is 0 Å². The van der Waals surface area contributed by atoms with Gasteiger partial charge in [-0.05, 0) is 31.0 Å². The molecule has 0 aliphatic rings. The van der Waals surface area contributed by atoms with Crippen molar-refractivity contribution in [1.82, 2.24) is 5.32 Å². The molecule has 0 saturated heterocycles. The van der Waals surface area contributed by atoms with Crippen LogP contribution in [0.25, 0.3) is 0 Å². The molecule has 6 heteroatoms. The lowest BCUT2D eigenvalue weighted by Gasteiger charge is -2.17. The largest absolute Gasteiger partial charge is 0.452 e. The van der Waals surface area contributed by atoms with Crippen LogP contribution in [-0.2, 0) is 9.53 Å². The normalized spacial score (nSPS) is 12.1. The fourth-order valence-corrected chi connectivity index (χ4v) is 1.50. The van der Waals surface area contributed by atoms with Crippen molar-refractivity contribution in [2.45, 2.75) is 26.8 Å². The van der Waals surface area contributed by atoms with Gasteiger partial charge in [0.1, 0.15) is 5.82 Å². The summed E-state index contributed by atoms with van der Waals surface area (Å²) in [6.45, 7) is 5.31. The van der Waals surface area contributed by atoms with Crippen LogP contribution in [0.1, 0.15) is 31.1 Å². The van der Waals surface area contributed by atoms with Gasteiger partial charge in [-0.2, -0.15) is 0 Å². The van der Waals surface area contributed by atoms with Crippen molar-refractivity contribution in [1.29, 1.82) is 0 Å². The molecule has 4 nitrogen and oxygen atoms in total. The average molecular weight is 302 g/mol. The van der Waals surface area contributed by atoms with Crippen molar-refractivity contribution in [3.05, 3.63) is 34.6 Å². The van der Waals surface area contributed by atoms with Gasteiger partial charge in [0.05, 0.1) is 5.56 Å². The Morgan fingerprint density at radius 2 is 2.00 bits per heavy atom. The summed E-state index contributed by atoms with van der Waals surface area (Å²) in [4.78, 5) is 23.2. The van der Waals surface area contributed by atoms with E-state index in [0.717, 1.165) is 12.1 Å². The van der Waals surface area contributed by atoms with Gasteiger partial charge in [-0.3, -0.25) is 4.79 Å². The number of hydrogen-bond acceptors (Lipinski definition) is 3. The van der Waals surface area contributed by atoms with E-state index in [2.05, 4.69) is 5.32 Å². The molecule has 110 valence electrons. The molecule has 1 rings (SSSR count). The van der Waals surface area contributed by atoms with E-state index in [-0.39, 0.29) is 22.5 Å². The summed E-state index contributed by atoms with van der Waals surface area (Å²) in [5, 5.41) is 2.89. The van der Waals surface area contributed by atoms with Gasteiger partial charge >= 0.3 is 5.97 Å². The van der Waals surface area contributed by atoms with Crippen molar-refractivity contribution in [3.8, 4) is 0 Å². The molecular weight excluding hydrogens is 285 g/mol. The summed E-state index contributed by atoms with van der Waals surface area (Å²) in [6.07, 6.45) is 0. The highest BCUT2D eigenvalue weighted by Gasteiger charge is 2.16. The second kappa shape index (κ2) is 7.24. The highest BCUT2D eigenvalue weighted by atomic mass is 35.5. The molecule has 0 heterocycles. The van der Waals surface area contributed by atoms with Crippen LogP contribution in [0.5, 0.6) is 0 Å². The molecule has 0 unspecified atom stereocenters. The fraction of sp³-hybridized carbons (Fsp3) is 0.429. The van der Waals surface area contributed by atoms with Crippen LogP contribution in [0.4, 0.5) is 4.39 Å². The molecular formula is C14H17ClFNO3. The summed E-state index contributed by atoms with van der Waals surface area (Å²) >= 11 is 5.67. The standard InChI is InChI=1S/C14H17ClFNO3/c1-8(2)9(3)17-13(18)7-20-14(19)11-6-10(15)4-5-12(11)16/h4-6,8-9H,7H2,1-3H3,(H,17,18)/t9-/m0/s1. The Hall–Kier alpha value is -1.62. The summed E-state index contributed by atoms with van der Waals surface area (Å²) in [5.74, 6) is -1.82. The molecule has 0 radical (unpaired) electrons. The summed E-state index contributed by atoms with van der Waals surface area (Å²) < 4.78 is 18.2. The minimum absolute atomic E-state index is 0.0379. The number of ether oxygens (including phenoxy) is 1. The zero-order chi connectivity index (χ0) is 15.3. The van der Waals surface area contributed by atoms with Gasteiger partial charge in [0.2, 0.25) is 0 Å². The number of halogens is 2. The lowest BCUT2D eigenvalue weighted by Crippen LogP contribution is -2.38. The SMILES string of the molecule is CC(C)[C@H](C)NC(=O)COC(=O)c1cc(Cl)ccc1F. The van der Waals surface area contributed by atoms with E-state index in [4.69, 9.17) is 16.3 Å². The minimum Gasteiger partial charge on any atom is -0.452 e. The van der Waals surface area contributed by atoms with Gasteiger partial charge in [0.25, 0.3) is 5.91 Å². The summed E-state index contributed by atoms with van der Waals surface area (Å²) in [5.41, 5.74) is -0.290. The van der Waals surface area contributed by atoms with E-state index in [1.54, 1.807) is 0 Å². The first kappa shape index (κ1) is 16.4. The third-order valence-corrected chi connectivity index (χ3v) is 3.11. The van der Waals surface area contributed by atoms with Crippen LogP contribution >= 0.6 is 11.6 Å². The number of hydrogen-bond donors (Lipinski definition) is 1. The molecule has 1 amide bonds. The third kappa shape index (κ3) is 4.81. The van der Waals surface area contributed by atoms with Crippen molar-refractivity contribution in [2.75, 3.05) is 6.61 Å². The van der Waals surface area contributed by atoms with Crippen molar-refractivity contribution in [3.63, 3.8) is 0 Å². The first-order chi connectivity index (χ1) is 9.31. The zero-order valence-corrected chi connectivity index (χ0v) is 12.3. The van der Waals surface area contributed by atoms with Crippen LogP contribution in [0.3, 0.4) is 0 Å². The van der Waals surface area contributed by atoms with Gasteiger partial charge < -0.3 is 10.1 Å². The Balaban J connectivity index is 2.55. The van der Waals surface area contributed by atoms with Crippen LogP contribution in [0, 0.1) is 11.7 Å². The summed E-state index contributed by atoms with van der Waals surface area (Å²) in [6, 6.07) is 3.52. The number of nitrogens with one attached hydrogen (secondary N) is 1. The van der Waals surface area contributed by atoms with Crippen molar-refractivity contribution < 1.29 is 18.7 Å². The Labute approximate surface area is 122 Å². The number of benzene rings is 1. The lowest BCUT2D eigenvalue weighted by molar-refractivity contribution is -0.125. The Morgan fingerprint density at radius 1 is 1.35 bits per heavy atom. The molecule has 0 spiro atoms. The monoisotopic (exact) mass is 301 g/mol. The predicted molar refractivity (Wildman–Crippen MR) is 74.1 cm³/mol. The van der Waals surface area contributed by atoms with Crippen LogP contribution in [-0.4, -0.2) is 24.5 Å². The molecule has 0 bridgehead atoms. The maximum absolute atomic E-state index is 13.4. The summed E-state index contributed by atoms with van der Waals surface area (Å²) in [7, 11) is 0. The molecule has 1 atom stereocenters. The highest BCUT2D eigenvalue weighted by Crippen LogP contribution is 2.15. The molecule has 0 aliphatic carbocycles. The molecule has 1 aromatic carbocycles. The number of carbonyl (C=O) groups is 2. The van der Waals surface area contributed by atoms with Gasteiger partial charge in [-0.25, -0.2) is 9.18 Å². The molecule has 1 aromatic rings. The molecule has 0 aromatic heterocycles. The van der Waals surface area contributed by atoms with Crippen LogP contribution < -0.4 is 5.32 Å². The Bertz CT molecular complexity index is 505. The van der Waals surface area contributed by atoms with Crippen LogP contribution in [0.2, 0.25) is 5.02 Å². The number of esters is 1. The number of carbonyl (C=O) groups excluding carboxylic acids is 2. The van der Waals surface area contributed by atoms with Crippen molar-refractivity contribution >= 4 is 23.5 Å². The second-order valence-corrected chi connectivity index (χ2v) is 5.24. The van der Waals surface area contributed by atoms with Crippen molar-refractivity contribution in [2.24, 2.45) is 5.92 Å². The van der Waals surface area contributed by atoms with Crippen LogP contribution in [0.15, 0.2) is 18.2 Å². The van der Waals surface area contributed by atoms with E-state index in [0.29, 0.717) is 0 Å². The van der Waals surface area contributed by atoms with E-state index in [1.807, 2.05) is 20.8 Å². The lowest BCUT2D eigenvalue weighted by atomic mass is 10.1. The third-order valence-electron chi connectivity index (χ3n) is 2.87. The zero-order valence-electron chi connectivity index (χ0n) is 11.6.